The van der Waals surface area contributed by atoms with Crippen LogP contribution in [0.15, 0.2) is 23.1 Å². The van der Waals surface area contributed by atoms with Gasteiger partial charge >= 0.3 is 0 Å². The number of sulfonamides is 1. The normalized spacial score (nSPS) is 16.8. The molecule has 0 atom stereocenters. The van der Waals surface area contributed by atoms with Crippen molar-refractivity contribution in [3.05, 3.63) is 28.8 Å². The summed E-state index contributed by atoms with van der Waals surface area (Å²) < 4.78 is 26.6. The molecule has 5 nitrogen and oxygen atoms in total. The molecule has 2 rings (SSSR count). The van der Waals surface area contributed by atoms with Crippen LogP contribution in [0.2, 0.25) is 5.02 Å². The number of benzene rings is 1. The fraction of sp³-hybridized carbons (Fsp3) is 0.571. The summed E-state index contributed by atoms with van der Waals surface area (Å²) in [6, 6.07) is 4.89. The van der Waals surface area contributed by atoms with Gasteiger partial charge in [0.1, 0.15) is 4.90 Å². The van der Waals surface area contributed by atoms with E-state index in [1.54, 1.807) is 25.2 Å². The molecule has 21 heavy (non-hydrogen) atoms. The first-order valence-electron chi connectivity index (χ1n) is 7.12. The third-order valence-corrected chi connectivity index (χ3v) is 6.19. The van der Waals surface area contributed by atoms with Gasteiger partial charge in [0, 0.05) is 26.7 Å². The lowest BCUT2D eigenvalue weighted by Gasteiger charge is -2.22. The molecule has 2 N–H and O–H groups in total. The molecule has 0 aromatic heterocycles. The molecule has 0 spiro atoms. The fourth-order valence-electron chi connectivity index (χ4n) is 2.45. The van der Waals surface area contributed by atoms with Gasteiger partial charge in [-0.15, -0.1) is 0 Å². The minimum absolute atomic E-state index is 0.135. The Morgan fingerprint density at radius 1 is 1.33 bits per heavy atom. The van der Waals surface area contributed by atoms with Gasteiger partial charge in [0.15, 0.2) is 0 Å². The van der Waals surface area contributed by atoms with Gasteiger partial charge in [0.25, 0.3) is 0 Å². The molecule has 7 heteroatoms. The molecule has 118 valence electrons. The van der Waals surface area contributed by atoms with Gasteiger partial charge in [-0.25, -0.2) is 8.42 Å². The second-order valence-corrected chi connectivity index (χ2v) is 7.76. The molecule has 1 aliphatic rings. The van der Waals surface area contributed by atoms with Crippen LogP contribution in [0.3, 0.4) is 0 Å². The first-order valence-corrected chi connectivity index (χ1v) is 8.94. The molecule has 1 heterocycles. The maximum absolute atomic E-state index is 12.6. The standard InChI is InChI=1S/C14H22ClN3O2S/c1-17(8-9-18-6-2-3-7-18)21(19,20)14-10-12(11-16)4-5-13(14)15/h4-5,10H,2-3,6-9,11,16H2,1H3. The van der Waals surface area contributed by atoms with Crippen molar-refractivity contribution in [3.63, 3.8) is 0 Å². The average molecular weight is 332 g/mol. The Morgan fingerprint density at radius 3 is 2.62 bits per heavy atom. The molecule has 1 aromatic carbocycles. The van der Waals surface area contributed by atoms with Crippen molar-refractivity contribution in [1.29, 1.82) is 0 Å². The summed E-state index contributed by atoms with van der Waals surface area (Å²) in [5, 5.41) is 0.236. The van der Waals surface area contributed by atoms with E-state index in [0.717, 1.165) is 25.2 Å². The van der Waals surface area contributed by atoms with E-state index in [1.165, 1.54) is 17.1 Å². The fourth-order valence-corrected chi connectivity index (χ4v) is 4.13. The third kappa shape index (κ3) is 3.96. The molecule has 1 aliphatic heterocycles. The van der Waals surface area contributed by atoms with Gasteiger partial charge in [-0.05, 0) is 43.6 Å². The number of hydrogen-bond acceptors (Lipinski definition) is 4. The molecule has 1 saturated heterocycles. The van der Waals surface area contributed by atoms with E-state index in [1.807, 2.05) is 0 Å². The van der Waals surface area contributed by atoms with Crippen molar-refractivity contribution in [3.8, 4) is 0 Å². The van der Waals surface area contributed by atoms with Gasteiger partial charge in [0.05, 0.1) is 5.02 Å². The van der Waals surface area contributed by atoms with Crippen molar-refractivity contribution in [1.82, 2.24) is 9.21 Å². The zero-order valence-corrected chi connectivity index (χ0v) is 13.8. The SMILES string of the molecule is CN(CCN1CCCC1)S(=O)(=O)c1cc(CN)ccc1Cl. The van der Waals surface area contributed by atoms with Crippen molar-refractivity contribution in [2.45, 2.75) is 24.3 Å². The van der Waals surface area contributed by atoms with Crippen LogP contribution in [0, 0.1) is 0 Å². The second-order valence-electron chi connectivity index (χ2n) is 5.34. The second kappa shape index (κ2) is 7.07. The van der Waals surface area contributed by atoms with Crippen LogP contribution in [0.4, 0.5) is 0 Å². The van der Waals surface area contributed by atoms with E-state index >= 15 is 0 Å². The Bertz CT molecular complexity index is 586. The van der Waals surface area contributed by atoms with E-state index in [4.69, 9.17) is 17.3 Å². The molecule has 0 unspecified atom stereocenters. The number of rotatable bonds is 6. The predicted octanol–water partition coefficient (Wildman–Crippen LogP) is 1.51. The van der Waals surface area contributed by atoms with Gasteiger partial charge in [-0.1, -0.05) is 17.7 Å². The highest BCUT2D eigenvalue weighted by Crippen LogP contribution is 2.25. The Morgan fingerprint density at radius 2 is 2.00 bits per heavy atom. The predicted molar refractivity (Wildman–Crippen MR) is 84.8 cm³/mol. The van der Waals surface area contributed by atoms with E-state index < -0.39 is 10.0 Å². The van der Waals surface area contributed by atoms with Crippen molar-refractivity contribution >= 4 is 21.6 Å². The van der Waals surface area contributed by atoms with Crippen LogP contribution in [-0.2, 0) is 16.6 Å². The van der Waals surface area contributed by atoms with Crippen molar-refractivity contribution in [2.75, 3.05) is 33.2 Å². The number of likely N-dealkylation sites (N-methyl/N-ethyl adjacent to an activating group) is 1. The minimum Gasteiger partial charge on any atom is -0.326 e. The van der Waals surface area contributed by atoms with Crippen molar-refractivity contribution < 1.29 is 8.42 Å². The summed E-state index contributed by atoms with van der Waals surface area (Å²) in [6.07, 6.45) is 2.39. The number of nitrogens with zero attached hydrogens (tertiary/aromatic N) is 2. The number of nitrogens with two attached hydrogens (primary N) is 1. The number of hydrogen-bond donors (Lipinski definition) is 1. The van der Waals surface area contributed by atoms with Crippen LogP contribution in [0.25, 0.3) is 0 Å². The van der Waals surface area contributed by atoms with Crippen LogP contribution in [0.5, 0.6) is 0 Å². The highest BCUT2D eigenvalue weighted by molar-refractivity contribution is 7.89. The maximum Gasteiger partial charge on any atom is 0.244 e. The molecule has 0 amide bonds. The van der Waals surface area contributed by atoms with Crippen LogP contribution >= 0.6 is 11.6 Å². The first kappa shape index (κ1) is 16.7. The maximum atomic E-state index is 12.6. The van der Waals surface area contributed by atoms with Gasteiger partial charge in [-0.2, -0.15) is 4.31 Å². The summed E-state index contributed by atoms with van der Waals surface area (Å²) in [6.45, 7) is 3.61. The summed E-state index contributed by atoms with van der Waals surface area (Å²) in [7, 11) is -1.98. The Labute approximate surface area is 131 Å². The molecular formula is C14H22ClN3O2S. The van der Waals surface area contributed by atoms with Gasteiger partial charge < -0.3 is 10.6 Å². The lowest BCUT2D eigenvalue weighted by molar-refractivity contribution is 0.310. The highest BCUT2D eigenvalue weighted by Gasteiger charge is 2.24. The average Bonchev–Trinajstić information content (AvgIpc) is 2.98. The lowest BCUT2D eigenvalue weighted by Crippen LogP contribution is -2.35. The monoisotopic (exact) mass is 331 g/mol. The number of halogens is 1. The third-order valence-electron chi connectivity index (χ3n) is 3.85. The molecule has 0 saturated carbocycles. The Hall–Kier alpha value is -0.660. The highest BCUT2D eigenvalue weighted by atomic mass is 35.5. The summed E-state index contributed by atoms with van der Waals surface area (Å²) in [5.74, 6) is 0. The van der Waals surface area contributed by atoms with E-state index in [2.05, 4.69) is 4.90 Å². The molecular weight excluding hydrogens is 310 g/mol. The van der Waals surface area contributed by atoms with E-state index in [9.17, 15) is 8.42 Å². The molecule has 1 fully saturated rings. The summed E-state index contributed by atoms with van der Waals surface area (Å²) in [5.41, 5.74) is 6.33. The minimum atomic E-state index is -3.57. The molecule has 0 aliphatic carbocycles. The quantitative estimate of drug-likeness (QED) is 0.858. The van der Waals surface area contributed by atoms with E-state index in [-0.39, 0.29) is 16.5 Å². The van der Waals surface area contributed by atoms with Gasteiger partial charge in [-0.3, -0.25) is 0 Å². The van der Waals surface area contributed by atoms with Crippen molar-refractivity contribution in [2.24, 2.45) is 5.73 Å². The largest absolute Gasteiger partial charge is 0.326 e. The first-order chi connectivity index (χ1) is 9.95. The zero-order valence-electron chi connectivity index (χ0n) is 12.3. The van der Waals surface area contributed by atoms with Crippen LogP contribution in [-0.4, -0.2) is 50.8 Å². The summed E-state index contributed by atoms with van der Waals surface area (Å²) >= 11 is 6.05. The smallest absolute Gasteiger partial charge is 0.244 e. The van der Waals surface area contributed by atoms with Crippen LogP contribution < -0.4 is 5.73 Å². The Balaban J connectivity index is 2.12. The van der Waals surface area contributed by atoms with E-state index in [0.29, 0.717) is 6.54 Å². The summed E-state index contributed by atoms with van der Waals surface area (Å²) in [4.78, 5) is 2.42. The number of likely N-dealkylation sites (tertiary alicyclic amines) is 1. The Kier molecular flexibility index (Phi) is 5.62. The molecule has 1 aromatic rings. The molecule has 0 bridgehead atoms. The molecule has 0 radical (unpaired) electrons. The van der Waals surface area contributed by atoms with Crippen LogP contribution in [0.1, 0.15) is 18.4 Å². The zero-order chi connectivity index (χ0) is 15.5. The topological polar surface area (TPSA) is 66.6 Å². The lowest BCUT2D eigenvalue weighted by atomic mass is 10.2. The van der Waals surface area contributed by atoms with Gasteiger partial charge in [0.2, 0.25) is 10.0 Å².